The highest BCUT2D eigenvalue weighted by Crippen LogP contribution is 2.33. The number of hydrogen-bond acceptors (Lipinski definition) is 3. The van der Waals surface area contributed by atoms with E-state index in [0.717, 1.165) is 37.9 Å². The molecule has 2 heterocycles. The molecule has 1 aliphatic heterocycles. The first kappa shape index (κ1) is 11.3. The van der Waals surface area contributed by atoms with Gasteiger partial charge in [-0.25, -0.2) is 0 Å². The second kappa shape index (κ2) is 4.37. The first-order chi connectivity index (χ1) is 7.68. The molecule has 4 heteroatoms. The van der Waals surface area contributed by atoms with Crippen molar-refractivity contribution in [2.24, 2.45) is 12.5 Å². The number of aromatic nitrogens is 2. The first-order valence-electron chi connectivity index (χ1n) is 5.92. The zero-order chi connectivity index (χ0) is 11.6. The van der Waals surface area contributed by atoms with E-state index in [0.29, 0.717) is 0 Å². The van der Waals surface area contributed by atoms with Gasteiger partial charge in [0.15, 0.2) is 5.78 Å². The molecular formula is C12H19N3O. The van der Waals surface area contributed by atoms with Gasteiger partial charge in [0.05, 0.1) is 11.8 Å². The second-order valence-electron chi connectivity index (χ2n) is 4.65. The van der Waals surface area contributed by atoms with Gasteiger partial charge in [0.2, 0.25) is 0 Å². The predicted molar refractivity (Wildman–Crippen MR) is 62.4 cm³/mol. The van der Waals surface area contributed by atoms with Gasteiger partial charge < -0.3 is 5.32 Å². The number of aryl methyl sites for hydroxylation is 1. The number of hydrogen-bond donors (Lipinski definition) is 1. The van der Waals surface area contributed by atoms with Crippen molar-refractivity contribution < 1.29 is 4.79 Å². The van der Waals surface area contributed by atoms with Crippen molar-refractivity contribution in [1.29, 1.82) is 0 Å². The smallest absolute Gasteiger partial charge is 0.173 e. The third-order valence-corrected chi connectivity index (χ3v) is 3.60. The number of carbonyl (C=O) groups excluding carboxylic acids is 1. The van der Waals surface area contributed by atoms with Crippen LogP contribution in [0.2, 0.25) is 0 Å². The minimum atomic E-state index is -0.207. The van der Waals surface area contributed by atoms with E-state index in [2.05, 4.69) is 17.3 Å². The highest BCUT2D eigenvalue weighted by atomic mass is 16.1. The number of rotatable bonds is 3. The lowest BCUT2D eigenvalue weighted by Gasteiger charge is -2.35. The quantitative estimate of drug-likeness (QED) is 0.784. The van der Waals surface area contributed by atoms with Crippen molar-refractivity contribution in [3.8, 4) is 0 Å². The van der Waals surface area contributed by atoms with Crippen LogP contribution in [0.15, 0.2) is 12.4 Å². The first-order valence-corrected chi connectivity index (χ1v) is 5.92. The third-order valence-electron chi connectivity index (χ3n) is 3.60. The molecule has 1 unspecified atom stereocenters. The highest BCUT2D eigenvalue weighted by molar-refractivity contribution is 6.00. The van der Waals surface area contributed by atoms with E-state index >= 15 is 0 Å². The number of carbonyl (C=O) groups is 1. The summed E-state index contributed by atoms with van der Waals surface area (Å²) in [6, 6.07) is 0. The van der Waals surface area contributed by atoms with Crippen LogP contribution in [0.5, 0.6) is 0 Å². The van der Waals surface area contributed by atoms with Crippen LogP contribution in [0, 0.1) is 5.41 Å². The lowest BCUT2D eigenvalue weighted by molar-refractivity contribution is 0.0730. The average Bonchev–Trinajstić information content (AvgIpc) is 2.76. The predicted octanol–water partition coefficient (Wildman–Crippen LogP) is 1.38. The molecule has 0 aliphatic carbocycles. The van der Waals surface area contributed by atoms with Gasteiger partial charge in [0.1, 0.15) is 0 Å². The number of piperidine rings is 1. The van der Waals surface area contributed by atoms with Gasteiger partial charge in [-0.05, 0) is 25.8 Å². The monoisotopic (exact) mass is 221 g/mol. The zero-order valence-electron chi connectivity index (χ0n) is 9.99. The molecule has 2 rings (SSSR count). The summed E-state index contributed by atoms with van der Waals surface area (Å²) in [6.45, 7) is 3.93. The molecule has 1 saturated heterocycles. The summed E-state index contributed by atoms with van der Waals surface area (Å²) in [6.07, 6.45) is 6.46. The second-order valence-corrected chi connectivity index (χ2v) is 4.65. The summed E-state index contributed by atoms with van der Waals surface area (Å²) in [5.41, 5.74) is 0.537. The molecule has 1 atom stereocenters. The number of ketones is 1. The van der Waals surface area contributed by atoms with Crippen molar-refractivity contribution in [3.63, 3.8) is 0 Å². The minimum absolute atomic E-state index is 0.207. The van der Waals surface area contributed by atoms with Crippen molar-refractivity contribution in [2.75, 3.05) is 13.1 Å². The fraction of sp³-hybridized carbons (Fsp3) is 0.667. The Labute approximate surface area is 96.0 Å². The lowest BCUT2D eigenvalue weighted by Crippen LogP contribution is -2.45. The molecule has 0 radical (unpaired) electrons. The Morgan fingerprint density at radius 2 is 2.50 bits per heavy atom. The van der Waals surface area contributed by atoms with E-state index in [1.807, 2.05) is 13.2 Å². The van der Waals surface area contributed by atoms with Gasteiger partial charge in [-0.1, -0.05) is 6.92 Å². The molecule has 1 aliphatic rings. The summed E-state index contributed by atoms with van der Waals surface area (Å²) in [5.74, 6) is 0.246. The van der Waals surface area contributed by atoms with Crippen molar-refractivity contribution in [1.82, 2.24) is 15.1 Å². The van der Waals surface area contributed by atoms with Crippen LogP contribution in [-0.2, 0) is 7.05 Å². The summed E-state index contributed by atoms with van der Waals surface area (Å²) < 4.78 is 1.69. The molecule has 0 bridgehead atoms. The molecule has 88 valence electrons. The Balaban J connectivity index is 2.24. The Hall–Kier alpha value is -1.16. The fourth-order valence-corrected chi connectivity index (χ4v) is 2.47. The van der Waals surface area contributed by atoms with Crippen LogP contribution in [0.25, 0.3) is 0 Å². The van der Waals surface area contributed by atoms with Crippen LogP contribution >= 0.6 is 0 Å². The lowest BCUT2D eigenvalue weighted by atomic mass is 9.73. The molecule has 0 spiro atoms. The van der Waals surface area contributed by atoms with Gasteiger partial charge in [0, 0.05) is 25.2 Å². The molecule has 1 fully saturated rings. The van der Waals surface area contributed by atoms with Crippen LogP contribution < -0.4 is 5.32 Å². The maximum atomic E-state index is 12.5. The topological polar surface area (TPSA) is 46.9 Å². The largest absolute Gasteiger partial charge is 0.316 e. The van der Waals surface area contributed by atoms with E-state index in [9.17, 15) is 4.79 Å². The molecule has 1 aromatic rings. The van der Waals surface area contributed by atoms with E-state index in [4.69, 9.17) is 0 Å². The SMILES string of the molecule is CCC1(C(=O)c2cnn(C)c2)CCCNC1. The van der Waals surface area contributed by atoms with Gasteiger partial charge in [-0.3, -0.25) is 9.48 Å². The number of nitrogens with one attached hydrogen (secondary N) is 1. The summed E-state index contributed by atoms with van der Waals surface area (Å²) >= 11 is 0. The van der Waals surface area contributed by atoms with E-state index in [1.54, 1.807) is 10.9 Å². The van der Waals surface area contributed by atoms with E-state index < -0.39 is 0 Å². The molecule has 16 heavy (non-hydrogen) atoms. The molecule has 0 saturated carbocycles. The molecule has 1 aromatic heterocycles. The normalized spacial score (nSPS) is 25.6. The molecule has 0 aromatic carbocycles. The zero-order valence-corrected chi connectivity index (χ0v) is 9.99. The van der Waals surface area contributed by atoms with Gasteiger partial charge in [-0.15, -0.1) is 0 Å². The van der Waals surface area contributed by atoms with E-state index in [-0.39, 0.29) is 11.2 Å². The Morgan fingerprint density at radius 1 is 1.69 bits per heavy atom. The Morgan fingerprint density at radius 3 is 3.00 bits per heavy atom. The average molecular weight is 221 g/mol. The maximum absolute atomic E-state index is 12.5. The van der Waals surface area contributed by atoms with Gasteiger partial charge in [0.25, 0.3) is 0 Å². The maximum Gasteiger partial charge on any atom is 0.173 e. The molecule has 0 amide bonds. The molecular weight excluding hydrogens is 202 g/mol. The Kier molecular flexibility index (Phi) is 3.10. The fourth-order valence-electron chi connectivity index (χ4n) is 2.47. The molecule has 4 nitrogen and oxygen atoms in total. The van der Waals surface area contributed by atoms with Crippen LogP contribution in [0.3, 0.4) is 0 Å². The van der Waals surface area contributed by atoms with Crippen LogP contribution in [0.4, 0.5) is 0 Å². The standard InChI is InChI=1S/C12H19N3O/c1-3-12(5-4-6-13-9-12)11(16)10-7-14-15(2)8-10/h7-8,13H,3-6,9H2,1-2H3. The number of nitrogens with zero attached hydrogens (tertiary/aromatic N) is 2. The highest BCUT2D eigenvalue weighted by Gasteiger charge is 2.38. The van der Waals surface area contributed by atoms with Gasteiger partial charge >= 0.3 is 0 Å². The van der Waals surface area contributed by atoms with Crippen molar-refractivity contribution >= 4 is 5.78 Å². The van der Waals surface area contributed by atoms with Crippen molar-refractivity contribution in [2.45, 2.75) is 26.2 Å². The summed E-state index contributed by atoms with van der Waals surface area (Å²) in [5, 5.41) is 7.41. The summed E-state index contributed by atoms with van der Waals surface area (Å²) in [4.78, 5) is 12.5. The Bertz CT molecular complexity index is 377. The van der Waals surface area contributed by atoms with Gasteiger partial charge in [-0.2, -0.15) is 5.10 Å². The number of Topliss-reactive ketones (excluding diaryl/α,β-unsaturated/α-hetero) is 1. The molecule has 1 N–H and O–H groups in total. The van der Waals surface area contributed by atoms with Crippen molar-refractivity contribution in [3.05, 3.63) is 18.0 Å². The van der Waals surface area contributed by atoms with Crippen LogP contribution in [0.1, 0.15) is 36.5 Å². The van der Waals surface area contributed by atoms with Crippen LogP contribution in [-0.4, -0.2) is 28.7 Å². The van der Waals surface area contributed by atoms with E-state index in [1.165, 1.54) is 0 Å². The third kappa shape index (κ3) is 1.89. The summed E-state index contributed by atoms with van der Waals surface area (Å²) in [7, 11) is 1.84. The minimum Gasteiger partial charge on any atom is -0.316 e.